The van der Waals surface area contributed by atoms with Crippen LogP contribution in [0.4, 0.5) is 11.4 Å². The lowest BCUT2D eigenvalue weighted by Crippen LogP contribution is -2.32. The Hall–Kier alpha value is -4.46. The van der Waals surface area contributed by atoms with Crippen molar-refractivity contribution in [1.29, 1.82) is 0 Å². The van der Waals surface area contributed by atoms with Crippen LogP contribution in [0.25, 0.3) is 0 Å². The van der Waals surface area contributed by atoms with Crippen molar-refractivity contribution in [1.82, 2.24) is 5.43 Å². The lowest BCUT2D eigenvalue weighted by molar-refractivity contribution is -0.136. The molecule has 0 aromatic heterocycles. The Morgan fingerprint density at radius 1 is 0.882 bits per heavy atom. The highest BCUT2D eigenvalue weighted by Gasteiger charge is 2.12. The number of benzene rings is 3. The van der Waals surface area contributed by atoms with Gasteiger partial charge in [0.15, 0.2) is 6.61 Å². The maximum Gasteiger partial charge on any atom is 0.329 e. The van der Waals surface area contributed by atoms with E-state index in [1.54, 1.807) is 36.4 Å². The third-order valence-corrected chi connectivity index (χ3v) is 5.00. The molecule has 0 aliphatic heterocycles. The van der Waals surface area contributed by atoms with Crippen molar-refractivity contribution in [3.63, 3.8) is 0 Å². The van der Waals surface area contributed by atoms with Crippen LogP contribution in [0.15, 0.2) is 71.8 Å². The molecule has 0 saturated carbocycles. The van der Waals surface area contributed by atoms with Crippen LogP contribution >= 0.6 is 0 Å². The van der Waals surface area contributed by atoms with E-state index in [1.807, 2.05) is 51.1 Å². The van der Waals surface area contributed by atoms with Crippen molar-refractivity contribution in [2.24, 2.45) is 5.10 Å². The molecule has 0 heterocycles. The van der Waals surface area contributed by atoms with E-state index in [4.69, 9.17) is 4.74 Å². The quantitative estimate of drug-likeness (QED) is 0.285. The fourth-order valence-corrected chi connectivity index (χ4v) is 2.95. The Kier molecular flexibility index (Phi) is 8.12. The van der Waals surface area contributed by atoms with Crippen molar-refractivity contribution in [2.45, 2.75) is 20.8 Å². The van der Waals surface area contributed by atoms with Crippen LogP contribution in [0.5, 0.6) is 5.75 Å². The molecule has 0 fully saturated rings. The summed E-state index contributed by atoms with van der Waals surface area (Å²) in [6.45, 7) is 5.69. The van der Waals surface area contributed by atoms with Crippen LogP contribution in [0.2, 0.25) is 0 Å². The molecule has 0 spiro atoms. The summed E-state index contributed by atoms with van der Waals surface area (Å²) in [5, 5.41) is 9.14. The number of anilines is 2. The number of carbonyl (C=O) groups excluding carboxylic acids is 3. The van der Waals surface area contributed by atoms with Crippen molar-refractivity contribution >= 4 is 35.3 Å². The number of nitrogens with one attached hydrogen (secondary N) is 3. The number of amides is 3. The monoisotopic (exact) mass is 458 g/mol. The fourth-order valence-electron chi connectivity index (χ4n) is 2.95. The number of hydrogen-bond donors (Lipinski definition) is 3. The molecule has 8 nitrogen and oxygen atoms in total. The van der Waals surface area contributed by atoms with E-state index in [2.05, 4.69) is 21.2 Å². The number of rotatable bonds is 7. The Labute approximate surface area is 198 Å². The number of ether oxygens (including phenoxy) is 1. The largest absolute Gasteiger partial charge is 0.484 e. The maximum absolute atomic E-state index is 12.2. The van der Waals surface area contributed by atoms with Crippen molar-refractivity contribution in [3.05, 3.63) is 89.0 Å². The molecule has 0 bridgehead atoms. The van der Waals surface area contributed by atoms with Gasteiger partial charge in [0.1, 0.15) is 5.75 Å². The first-order valence-electron chi connectivity index (χ1n) is 10.6. The summed E-state index contributed by atoms with van der Waals surface area (Å²) in [5.41, 5.74) is 7.20. The summed E-state index contributed by atoms with van der Waals surface area (Å²) >= 11 is 0. The van der Waals surface area contributed by atoms with E-state index in [0.29, 0.717) is 17.0 Å². The molecular formula is C26H26N4O4. The van der Waals surface area contributed by atoms with Gasteiger partial charge in [-0.3, -0.25) is 14.4 Å². The van der Waals surface area contributed by atoms with E-state index in [1.165, 1.54) is 6.21 Å². The van der Waals surface area contributed by atoms with Gasteiger partial charge < -0.3 is 15.4 Å². The summed E-state index contributed by atoms with van der Waals surface area (Å²) in [6, 6.07) is 19.6. The van der Waals surface area contributed by atoms with Crippen LogP contribution < -0.4 is 20.8 Å². The molecule has 0 saturated heterocycles. The van der Waals surface area contributed by atoms with Gasteiger partial charge in [0.05, 0.1) is 6.21 Å². The SMILES string of the molecule is Cc1ccc(NC(=O)C(=O)N/N=C\c2cccc(OCC(=O)Nc3cccc(C)c3C)c2)cc1. The van der Waals surface area contributed by atoms with Gasteiger partial charge in [-0.1, -0.05) is 42.0 Å². The Balaban J connectivity index is 1.49. The highest BCUT2D eigenvalue weighted by atomic mass is 16.5. The second-order valence-electron chi connectivity index (χ2n) is 7.68. The molecule has 0 aliphatic rings. The first-order chi connectivity index (χ1) is 16.3. The van der Waals surface area contributed by atoms with Gasteiger partial charge in [0.25, 0.3) is 5.91 Å². The predicted octanol–water partition coefficient (Wildman–Crippen LogP) is 3.72. The minimum absolute atomic E-state index is 0.163. The normalized spacial score (nSPS) is 10.6. The molecule has 3 N–H and O–H groups in total. The lowest BCUT2D eigenvalue weighted by Gasteiger charge is -2.11. The minimum Gasteiger partial charge on any atom is -0.484 e. The molecule has 3 aromatic carbocycles. The van der Waals surface area contributed by atoms with E-state index in [9.17, 15) is 14.4 Å². The van der Waals surface area contributed by atoms with Gasteiger partial charge in [0, 0.05) is 11.4 Å². The average molecular weight is 459 g/mol. The first-order valence-corrected chi connectivity index (χ1v) is 10.6. The average Bonchev–Trinajstić information content (AvgIpc) is 2.82. The molecule has 8 heteroatoms. The van der Waals surface area contributed by atoms with Gasteiger partial charge >= 0.3 is 11.8 Å². The predicted molar refractivity (Wildman–Crippen MR) is 132 cm³/mol. The molecule has 3 aromatic rings. The second kappa shape index (κ2) is 11.4. The third-order valence-electron chi connectivity index (χ3n) is 5.00. The van der Waals surface area contributed by atoms with Crippen LogP contribution in [-0.2, 0) is 14.4 Å². The summed E-state index contributed by atoms with van der Waals surface area (Å²) in [6.07, 6.45) is 1.38. The molecule has 0 aliphatic carbocycles. The summed E-state index contributed by atoms with van der Waals surface area (Å²) < 4.78 is 5.57. The molecule has 3 amide bonds. The Bertz CT molecular complexity index is 1220. The standard InChI is InChI=1S/C26H26N4O4/c1-17-10-12-21(13-11-17)28-25(32)26(33)30-27-15-20-7-5-8-22(14-20)34-16-24(31)29-23-9-4-6-18(2)19(23)3/h4-15H,16H2,1-3H3,(H,28,32)(H,29,31)(H,30,33)/b27-15-. The zero-order valence-electron chi connectivity index (χ0n) is 19.2. The van der Waals surface area contributed by atoms with Gasteiger partial charge in [-0.05, 0) is 67.8 Å². The van der Waals surface area contributed by atoms with E-state index in [0.717, 1.165) is 22.4 Å². The molecule has 0 unspecified atom stereocenters. The zero-order chi connectivity index (χ0) is 24.5. The van der Waals surface area contributed by atoms with Crippen LogP contribution in [0, 0.1) is 20.8 Å². The fraction of sp³-hybridized carbons (Fsp3) is 0.154. The van der Waals surface area contributed by atoms with Crippen LogP contribution in [0.1, 0.15) is 22.3 Å². The molecular weight excluding hydrogens is 432 g/mol. The lowest BCUT2D eigenvalue weighted by atomic mass is 10.1. The highest BCUT2D eigenvalue weighted by Crippen LogP contribution is 2.18. The van der Waals surface area contributed by atoms with Crippen molar-refractivity contribution in [3.8, 4) is 5.75 Å². The van der Waals surface area contributed by atoms with E-state index < -0.39 is 11.8 Å². The van der Waals surface area contributed by atoms with E-state index in [-0.39, 0.29) is 12.5 Å². The van der Waals surface area contributed by atoms with E-state index >= 15 is 0 Å². The van der Waals surface area contributed by atoms with Crippen LogP contribution in [0.3, 0.4) is 0 Å². The molecule has 3 rings (SSSR count). The van der Waals surface area contributed by atoms with Gasteiger partial charge in [-0.2, -0.15) is 5.10 Å². The zero-order valence-corrected chi connectivity index (χ0v) is 19.2. The number of hydrogen-bond acceptors (Lipinski definition) is 5. The molecule has 174 valence electrons. The minimum atomic E-state index is -0.896. The summed E-state index contributed by atoms with van der Waals surface area (Å²) in [7, 11) is 0. The number of carbonyl (C=O) groups is 3. The van der Waals surface area contributed by atoms with Crippen molar-refractivity contribution < 1.29 is 19.1 Å². The third kappa shape index (κ3) is 7.03. The van der Waals surface area contributed by atoms with Gasteiger partial charge in [-0.15, -0.1) is 0 Å². The highest BCUT2D eigenvalue weighted by molar-refractivity contribution is 6.39. The molecule has 0 radical (unpaired) electrons. The maximum atomic E-state index is 12.2. The Morgan fingerprint density at radius 3 is 2.38 bits per heavy atom. The summed E-state index contributed by atoms with van der Waals surface area (Å²) in [5.74, 6) is -1.54. The smallest absolute Gasteiger partial charge is 0.329 e. The van der Waals surface area contributed by atoms with Gasteiger partial charge in [-0.25, -0.2) is 5.43 Å². The van der Waals surface area contributed by atoms with Crippen LogP contribution in [-0.4, -0.2) is 30.5 Å². The van der Waals surface area contributed by atoms with Crippen molar-refractivity contribution in [2.75, 3.05) is 17.2 Å². The topological polar surface area (TPSA) is 109 Å². The first kappa shape index (κ1) is 24.2. The molecule has 34 heavy (non-hydrogen) atoms. The molecule has 0 atom stereocenters. The van der Waals surface area contributed by atoms with Gasteiger partial charge in [0.2, 0.25) is 0 Å². The second-order valence-corrected chi connectivity index (χ2v) is 7.68. The number of hydrazone groups is 1. The number of nitrogens with zero attached hydrogens (tertiary/aromatic N) is 1. The number of aryl methyl sites for hydroxylation is 2. The summed E-state index contributed by atoms with van der Waals surface area (Å²) in [4.78, 5) is 36.1. The Morgan fingerprint density at radius 2 is 1.62 bits per heavy atom.